The quantitative estimate of drug-likeness (QED) is 0.730. The minimum Gasteiger partial charge on any atom is -0.383 e. The van der Waals surface area contributed by atoms with Crippen LogP contribution in [0.15, 0.2) is 4.99 Å². The van der Waals surface area contributed by atoms with E-state index in [0.717, 1.165) is 32.4 Å². The number of hydrogen-bond donors (Lipinski definition) is 2. The van der Waals surface area contributed by atoms with Crippen molar-refractivity contribution in [3.8, 4) is 0 Å². The van der Waals surface area contributed by atoms with E-state index in [4.69, 9.17) is 4.74 Å². The van der Waals surface area contributed by atoms with Crippen LogP contribution in [0.4, 0.5) is 0 Å². The Morgan fingerprint density at radius 3 is 2.90 bits per heavy atom. The standard InChI is InChI=1S/C14H26N4O2/c1-11(2)18-8-4-5-14(6-9-18)12(19)16-13(17-14)15-7-10-20-3/h11H,4-10H2,1-3H3,(H2,15,16,17,19). The number of nitrogens with zero attached hydrogens (tertiary/aromatic N) is 2. The Bertz CT molecular complexity index is 383. The van der Waals surface area contributed by atoms with Crippen molar-refractivity contribution in [2.75, 3.05) is 33.4 Å². The summed E-state index contributed by atoms with van der Waals surface area (Å²) >= 11 is 0. The molecule has 6 heteroatoms. The molecular weight excluding hydrogens is 256 g/mol. The van der Waals surface area contributed by atoms with Gasteiger partial charge in [0.2, 0.25) is 0 Å². The molecule has 0 saturated carbocycles. The van der Waals surface area contributed by atoms with Crippen molar-refractivity contribution in [2.45, 2.75) is 44.7 Å². The lowest BCUT2D eigenvalue weighted by molar-refractivity contribution is -0.124. The average molecular weight is 282 g/mol. The molecule has 2 fully saturated rings. The zero-order chi connectivity index (χ0) is 14.6. The molecular formula is C14H26N4O2. The highest BCUT2D eigenvalue weighted by Gasteiger charge is 2.45. The van der Waals surface area contributed by atoms with Crippen LogP contribution in [-0.4, -0.2) is 61.7 Å². The zero-order valence-electron chi connectivity index (χ0n) is 12.7. The molecule has 2 rings (SSSR count). The molecule has 2 N–H and O–H groups in total. The predicted molar refractivity (Wildman–Crippen MR) is 78.7 cm³/mol. The van der Waals surface area contributed by atoms with Gasteiger partial charge in [0.05, 0.1) is 13.2 Å². The number of ether oxygens (including phenoxy) is 1. The van der Waals surface area contributed by atoms with Crippen LogP contribution in [0.3, 0.4) is 0 Å². The highest BCUT2D eigenvalue weighted by atomic mass is 16.5. The molecule has 0 radical (unpaired) electrons. The Kier molecular flexibility index (Phi) is 4.99. The van der Waals surface area contributed by atoms with E-state index in [2.05, 4.69) is 34.4 Å². The lowest BCUT2D eigenvalue weighted by Crippen LogP contribution is -2.47. The van der Waals surface area contributed by atoms with Gasteiger partial charge >= 0.3 is 0 Å². The number of aliphatic imine (C=N–C) groups is 1. The third-order valence-electron chi connectivity index (χ3n) is 4.19. The molecule has 1 atom stereocenters. The maximum Gasteiger partial charge on any atom is 0.252 e. The van der Waals surface area contributed by atoms with Gasteiger partial charge in [-0.05, 0) is 39.7 Å². The smallest absolute Gasteiger partial charge is 0.252 e. The molecule has 114 valence electrons. The van der Waals surface area contributed by atoms with Crippen LogP contribution in [0.2, 0.25) is 0 Å². The van der Waals surface area contributed by atoms with Crippen LogP contribution in [0.5, 0.6) is 0 Å². The molecule has 2 aliphatic rings. The van der Waals surface area contributed by atoms with Crippen molar-refractivity contribution in [2.24, 2.45) is 4.99 Å². The summed E-state index contributed by atoms with van der Waals surface area (Å²) in [6, 6.07) is 0.532. The molecule has 0 bridgehead atoms. The molecule has 0 aromatic carbocycles. The number of amides is 1. The minimum absolute atomic E-state index is 0.0688. The minimum atomic E-state index is -0.463. The lowest BCUT2D eigenvalue weighted by atomic mass is 9.91. The van der Waals surface area contributed by atoms with Gasteiger partial charge < -0.3 is 15.0 Å². The molecule has 2 aliphatic heterocycles. The van der Waals surface area contributed by atoms with Crippen LogP contribution in [0, 0.1) is 0 Å². The average Bonchev–Trinajstić information content (AvgIpc) is 2.59. The van der Waals surface area contributed by atoms with Crippen molar-refractivity contribution in [3.05, 3.63) is 0 Å². The fourth-order valence-corrected chi connectivity index (χ4v) is 2.89. The molecule has 1 unspecified atom stereocenters. The molecule has 2 saturated heterocycles. The fourth-order valence-electron chi connectivity index (χ4n) is 2.89. The second-order valence-electron chi connectivity index (χ2n) is 5.87. The number of likely N-dealkylation sites (tertiary alicyclic amines) is 1. The summed E-state index contributed by atoms with van der Waals surface area (Å²) in [6.45, 7) is 7.55. The Morgan fingerprint density at radius 2 is 2.20 bits per heavy atom. The van der Waals surface area contributed by atoms with Crippen LogP contribution in [0.25, 0.3) is 0 Å². The number of carbonyl (C=O) groups is 1. The van der Waals surface area contributed by atoms with Gasteiger partial charge in [-0.2, -0.15) is 0 Å². The van der Waals surface area contributed by atoms with E-state index in [0.29, 0.717) is 25.2 Å². The molecule has 0 aliphatic carbocycles. The highest BCUT2D eigenvalue weighted by Crippen LogP contribution is 2.26. The van der Waals surface area contributed by atoms with E-state index in [1.54, 1.807) is 7.11 Å². The zero-order valence-corrected chi connectivity index (χ0v) is 12.7. The molecule has 0 aromatic heterocycles. The van der Waals surface area contributed by atoms with Gasteiger partial charge in [0.1, 0.15) is 5.54 Å². The van der Waals surface area contributed by atoms with Gasteiger partial charge in [-0.1, -0.05) is 0 Å². The summed E-state index contributed by atoms with van der Waals surface area (Å²) in [7, 11) is 1.65. The Labute approximate surface area is 121 Å². The SMILES string of the molecule is COCCN=C1NC(=O)C2(CCCN(C(C)C)CC2)N1. The number of carbonyl (C=O) groups excluding carboxylic acids is 1. The van der Waals surface area contributed by atoms with E-state index in [9.17, 15) is 4.79 Å². The Balaban J connectivity index is 2.00. The van der Waals surface area contributed by atoms with Gasteiger partial charge in [-0.25, -0.2) is 0 Å². The van der Waals surface area contributed by atoms with E-state index in [1.807, 2.05) is 0 Å². The van der Waals surface area contributed by atoms with Crippen LogP contribution in [-0.2, 0) is 9.53 Å². The molecule has 0 aromatic rings. The van der Waals surface area contributed by atoms with Crippen molar-refractivity contribution in [1.29, 1.82) is 0 Å². The van der Waals surface area contributed by atoms with Crippen LogP contribution >= 0.6 is 0 Å². The molecule has 20 heavy (non-hydrogen) atoms. The summed E-state index contributed by atoms with van der Waals surface area (Å²) in [5, 5.41) is 6.19. The first-order valence-electron chi connectivity index (χ1n) is 7.44. The second-order valence-corrected chi connectivity index (χ2v) is 5.87. The van der Waals surface area contributed by atoms with Crippen molar-refractivity contribution in [3.63, 3.8) is 0 Å². The largest absolute Gasteiger partial charge is 0.383 e. The third kappa shape index (κ3) is 3.30. The summed E-state index contributed by atoms with van der Waals surface area (Å²) in [5.74, 6) is 0.671. The normalized spacial score (nSPS) is 29.8. The monoisotopic (exact) mass is 282 g/mol. The van der Waals surface area contributed by atoms with Gasteiger partial charge in [0.25, 0.3) is 5.91 Å². The van der Waals surface area contributed by atoms with Crippen molar-refractivity contribution in [1.82, 2.24) is 15.5 Å². The van der Waals surface area contributed by atoms with Crippen molar-refractivity contribution < 1.29 is 9.53 Å². The van der Waals surface area contributed by atoms with Gasteiger partial charge in [-0.15, -0.1) is 0 Å². The number of methoxy groups -OCH3 is 1. The lowest BCUT2D eigenvalue weighted by Gasteiger charge is -2.26. The van der Waals surface area contributed by atoms with Crippen LogP contribution in [0.1, 0.15) is 33.1 Å². The number of rotatable bonds is 4. The number of guanidine groups is 1. The number of hydrogen-bond acceptors (Lipinski definition) is 4. The van der Waals surface area contributed by atoms with E-state index in [-0.39, 0.29) is 5.91 Å². The number of nitrogens with one attached hydrogen (secondary N) is 2. The maximum absolute atomic E-state index is 12.3. The summed E-state index contributed by atoms with van der Waals surface area (Å²) in [4.78, 5) is 19.1. The van der Waals surface area contributed by atoms with E-state index >= 15 is 0 Å². The first kappa shape index (κ1) is 15.3. The maximum atomic E-state index is 12.3. The van der Waals surface area contributed by atoms with E-state index < -0.39 is 5.54 Å². The fraction of sp³-hybridized carbons (Fsp3) is 0.857. The molecule has 2 heterocycles. The first-order valence-corrected chi connectivity index (χ1v) is 7.44. The summed E-state index contributed by atoms with van der Waals surface area (Å²) < 4.78 is 4.97. The molecule has 1 amide bonds. The van der Waals surface area contributed by atoms with E-state index in [1.165, 1.54) is 0 Å². The van der Waals surface area contributed by atoms with Gasteiger partial charge in [-0.3, -0.25) is 15.1 Å². The predicted octanol–water partition coefficient (Wildman–Crippen LogP) is 0.341. The third-order valence-corrected chi connectivity index (χ3v) is 4.19. The molecule has 1 spiro atoms. The molecule has 6 nitrogen and oxygen atoms in total. The van der Waals surface area contributed by atoms with Gasteiger partial charge in [0, 0.05) is 19.7 Å². The van der Waals surface area contributed by atoms with Gasteiger partial charge in [0.15, 0.2) is 5.96 Å². The highest BCUT2D eigenvalue weighted by molar-refractivity contribution is 6.09. The first-order chi connectivity index (χ1) is 9.57. The Hall–Kier alpha value is -1.14. The Morgan fingerprint density at radius 1 is 1.40 bits per heavy atom. The van der Waals surface area contributed by atoms with Crippen molar-refractivity contribution >= 4 is 11.9 Å². The van der Waals surface area contributed by atoms with Crippen LogP contribution < -0.4 is 10.6 Å². The summed E-state index contributed by atoms with van der Waals surface area (Å²) in [5.41, 5.74) is -0.463. The summed E-state index contributed by atoms with van der Waals surface area (Å²) in [6.07, 6.45) is 2.73. The topological polar surface area (TPSA) is 66.0 Å². The second kappa shape index (κ2) is 6.54.